The first-order chi connectivity index (χ1) is 8.29. The molecule has 1 N–H and O–H groups in total. The minimum atomic E-state index is -0.171. The van der Waals surface area contributed by atoms with Gasteiger partial charge in [0, 0.05) is 30.9 Å². The largest absolute Gasteiger partial charge is 0.375 e. The molecule has 0 saturated heterocycles. The number of aromatic nitrogens is 2. The lowest BCUT2D eigenvalue weighted by Crippen LogP contribution is -2.17. The molecule has 0 saturated carbocycles. The van der Waals surface area contributed by atoms with Gasteiger partial charge in [0.15, 0.2) is 0 Å². The van der Waals surface area contributed by atoms with Gasteiger partial charge in [-0.3, -0.25) is 4.79 Å². The lowest BCUT2D eigenvalue weighted by Gasteiger charge is -2.07. The second kappa shape index (κ2) is 5.27. The number of rotatable bonds is 4. The first-order valence-corrected chi connectivity index (χ1v) is 5.17. The number of imidazole rings is 1. The van der Waals surface area contributed by atoms with Crippen LogP contribution in [0.3, 0.4) is 0 Å². The van der Waals surface area contributed by atoms with E-state index in [0.717, 1.165) is 11.4 Å². The van der Waals surface area contributed by atoms with Crippen LogP contribution in [0.2, 0.25) is 0 Å². The highest BCUT2D eigenvalue weighted by Gasteiger charge is 2.02. The van der Waals surface area contributed by atoms with Gasteiger partial charge in [-0.05, 0) is 18.2 Å². The van der Waals surface area contributed by atoms with Crippen molar-refractivity contribution in [2.24, 2.45) is 0 Å². The van der Waals surface area contributed by atoms with E-state index in [1.807, 2.05) is 35.0 Å². The normalized spacial score (nSPS) is 10.2. The Balaban J connectivity index is 2.15. The number of hydrogen-bond acceptors (Lipinski definition) is 3. The van der Waals surface area contributed by atoms with Crippen LogP contribution >= 0.6 is 0 Å². The van der Waals surface area contributed by atoms with Crippen molar-refractivity contribution in [2.45, 2.75) is 0 Å². The van der Waals surface area contributed by atoms with Gasteiger partial charge in [0.1, 0.15) is 6.61 Å². The molecule has 17 heavy (non-hydrogen) atoms. The molecule has 1 heterocycles. The lowest BCUT2D eigenvalue weighted by atomic mass is 10.2. The lowest BCUT2D eigenvalue weighted by molar-refractivity contribution is -0.119. The minimum absolute atomic E-state index is 0.0509. The zero-order chi connectivity index (χ0) is 12.1. The van der Waals surface area contributed by atoms with Crippen molar-refractivity contribution in [1.29, 1.82) is 0 Å². The number of carbonyl (C=O) groups is 1. The molecule has 0 bridgehead atoms. The molecule has 2 aromatic rings. The van der Waals surface area contributed by atoms with Crippen molar-refractivity contribution in [1.82, 2.24) is 9.55 Å². The fourth-order valence-electron chi connectivity index (χ4n) is 1.48. The average molecular weight is 231 g/mol. The van der Waals surface area contributed by atoms with Crippen molar-refractivity contribution in [3.05, 3.63) is 43.0 Å². The molecular weight excluding hydrogens is 218 g/mol. The number of anilines is 1. The van der Waals surface area contributed by atoms with Gasteiger partial charge in [-0.15, -0.1) is 0 Å². The molecule has 0 fully saturated rings. The Morgan fingerprint density at radius 1 is 1.53 bits per heavy atom. The van der Waals surface area contributed by atoms with Crippen molar-refractivity contribution < 1.29 is 9.53 Å². The van der Waals surface area contributed by atoms with Crippen molar-refractivity contribution in [3.63, 3.8) is 0 Å². The van der Waals surface area contributed by atoms with Crippen LogP contribution in [-0.2, 0) is 9.53 Å². The maximum absolute atomic E-state index is 11.4. The number of hydrogen-bond donors (Lipinski definition) is 1. The maximum Gasteiger partial charge on any atom is 0.250 e. The van der Waals surface area contributed by atoms with E-state index < -0.39 is 0 Å². The summed E-state index contributed by atoms with van der Waals surface area (Å²) < 4.78 is 6.62. The minimum Gasteiger partial charge on any atom is -0.375 e. The molecule has 0 radical (unpaired) electrons. The van der Waals surface area contributed by atoms with E-state index >= 15 is 0 Å². The smallest absolute Gasteiger partial charge is 0.250 e. The summed E-state index contributed by atoms with van der Waals surface area (Å²) >= 11 is 0. The summed E-state index contributed by atoms with van der Waals surface area (Å²) in [6.45, 7) is 0.0509. The fraction of sp³-hybridized carbons (Fsp3) is 0.167. The zero-order valence-corrected chi connectivity index (χ0v) is 9.46. The van der Waals surface area contributed by atoms with Gasteiger partial charge in [-0.25, -0.2) is 4.98 Å². The topological polar surface area (TPSA) is 56.1 Å². The molecule has 1 aromatic carbocycles. The predicted octanol–water partition coefficient (Wildman–Crippen LogP) is 1.46. The highest BCUT2D eigenvalue weighted by molar-refractivity contribution is 5.91. The van der Waals surface area contributed by atoms with Crippen LogP contribution in [0.5, 0.6) is 0 Å². The Kier molecular flexibility index (Phi) is 3.52. The van der Waals surface area contributed by atoms with Gasteiger partial charge in [0.2, 0.25) is 5.91 Å². The number of nitrogens with zero attached hydrogens (tertiary/aromatic N) is 2. The summed E-state index contributed by atoms with van der Waals surface area (Å²) in [5.74, 6) is -0.171. The Bertz CT molecular complexity index is 494. The number of nitrogens with one attached hydrogen (secondary N) is 1. The van der Waals surface area contributed by atoms with Crippen molar-refractivity contribution in [3.8, 4) is 5.69 Å². The average Bonchev–Trinajstić information content (AvgIpc) is 2.83. The van der Waals surface area contributed by atoms with Crippen LogP contribution in [0, 0.1) is 0 Å². The van der Waals surface area contributed by atoms with E-state index in [1.165, 1.54) is 7.11 Å². The highest BCUT2D eigenvalue weighted by Crippen LogP contribution is 2.14. The number of benzene rings is 1. The molecule has 0 aliphatic heterocycles. The molecule has 0 atom stereocenters. The van der Waals surface area contributed by atoms with Crippen LogP contribution in [-0.4, -0.2) is 29.2 Å². The molecule has 2 rings (SSSR count). The number of methoxy groups -OCH3 is 1. The van der Waals surface area contributed by atoms with Gasteiger partial charge < -0.3 is 14.6 Å². The summed E-state index contributed by atoms with van der Waals surface area (Å²) in [5.41, 5.74) is 1.68. The molecule has 0 spiro atoms. The Morgan fingerprint density at radius 2 is 2.41 bits per heavy atom. The number of amides is 1. The second-order valence-electron chi connectivity index (χ2n) is 3.50. The summed E-state index contributed by atoms with van der Waals surface area (Å²) in [6, 6.07) is 7.51. The Labute approximate surface area is 99.0 Å². The third-order valence-corrected chi connectivity index (χ3v) is 2.21. The molecule has 0 aliphatic carbocycles. The summed E-state index contributed by atoms with van der Waals surface area (Å²) in [6.07, 6.45) is 5.25. The van der Waals surface area contributed by atoms with Gasteiger partial charge in [0.05, 0.1) is 6.33 Å². The van der Waals surface area contributed by atoms with Crippen LogP contribution in [0.15, 0.2) is 43.0 Å². The monoisotopic (exact) mass is 231 g/mol. The first kappa shape index (κ1) is 11.3. The summed E-state index contributed by atoms with van der Waals surface area (Å²) in [5, 5.41) is 2.75. The van der Waals surface area contributed by atoms with Crippen LogP contribution in [0.1, 0.15) is 0 Å². The van der Waals surface area contributed by atoms with E-state index in [-0.39, 0.29) is 12.5 Å². The molecule has 88 valence electrons. The summed E-state index contributed by atoms with van der Waals surface area (Å²) in [4.78, 5) is 15.3. The van der Waals surface area contributed by atoms with Gasteiger partial charge >= 0.3 is 0 Å². The fourth-order valence-corrected chi connectivity index (χ4v) is 1.48. The molecule has 0 unspecified atom stereocenters. The molecule has 1 amide bonds. The predicted molar refractivity (Wildman–Crippen MR) is 64.1 cm³/mol. The van der Waals surface area contributed by atoms with Gasteiger partial charge in [-0.2, -0.15) is 0 Å². The van der Waals surface area contributed by atoms with E-state index in [1.54, 1.807) is 12.5 Å². The molecule has 5 nitrogen and oxygen atoms in total. The summed E-state index contributed by atoms with van der Waals surface area (Å²) in [7, 11) is 1.49. The van der Waals surface area contributed by atoms with Gasteiger partial charge in [-0.1, -0.05) is 6.07 Å². The highest BCUT2D eigenvalue weighted by atomic mass is 16.5. The third-order valence-electron chi connectivity index (χ3n) is 2.21. The molecule has 5 heteroatoms. The van der Waals surface area contributed by atoms with E-state index in [9.17, 15) is 4.79 Å². The molecular formula is C12H13N3O2. The maximum atomic E-state index is 11.4. The van der Waals surface area contributed by atoms with Crippen molar-refractivity contribution in [2.75, 3.05) is 19.0 Å². The molecule has 0 aliphatic rings. The first-order valence-electron chi connectivity index (χ1n) is 5.17. The van der Waals surface area contributed by atoms with E-state index in [4.69, 9.17) is 4.74 Å². The molecule has 1 aromatic heterocycles. The van der Waals surface area contributed by atoms with E-state index in [2.05, 4.69) is 10.3 Å². The van der Waals surface area contributed by atoms with Crippen LogP contribution in [0.25, 0.3) is 5.69 Å². The van der Waals surface area contributed by atoms with Crippen LogP contribution in [0.4, 0.5) is 5.69 Å². The van der Waals surface area contributed by atoms with E-state index in [0.29, 0.717) is 0 Å². The third kappa shape index (κ3) is 2.92. The second-order valence-corrected chi connectivity index (χ2v) is 3.50. The van der Waals surface area contributed by atoms with Gasteiger partial charge in [0.25, 0.3) is 0 Å². The number of carbonyl (C=O) groups excluding carboxylic acids is 1. The Morgan fingerprint density at radius 3 is 3.12 bits per heavy atom. The standard InChI is InChI=1S/C12H13N3O2/c1-17-8-12(16)14-10-3-2-4-11(7-10)15-6-5-13-9-15/h2-7,9H,8H2,1H3,(H,14,16). The van der Waals surface area contributed by atoms with Crippen LogP contribution < -0.4 is 5.32 Å². The quantitative estimate of drug-likeness (QED) is 0.866. The zero-order valence-electron chi connectivity index (χ0n) is 9.46. The Hall–Kier alpha value is -2.14. The SMILES string of the molecule is COCC(=O)Nc1cccc(-n2ccnc2)c1. The number of ether oxygens (including phenoxy) is 1. The van der Waals surface area contributed by atoms with Crippen molar-refractivity contribution >= 4 is 11.6 Å².